The molecule has 5 rings (SSSR count). The summed E-state index contributed by atoms with van der Waals surface area (Å²) in [6.45, 7) is 2.10. The summed E-state index contributed by atoms with van der Waals surface area (Å²) in [7, 11) is 0. The van der Waals surface area contributed by atoms with Crippen LogP contribution in [0, 0.1) is 29.1 Å². The highest BCUT2D eigenvalue weighted by Gasteiger charge is 2.50. The number of nitrogens with one attached hydrogen (secondary N) is 1. The summed E-state index contributed by atoms with van der Waals surface area (Å²) in [5.74, 6) is 3.38. The summed E-state index contributed by atoms with van der Waals surface area (Å²) < 4.78 is 0. The monoisotopic (exact) mass is 274 g/mol. The maximum Gasteiger partial charge on any atom is 0.243 e. The number of hydrazone groups is 1. The quantitative estimate of drug-likeness (QED) is 0.618. The Morgan fingerprint density at radius 2 is 1.65 bits per heavy atom. The van der Waals surface area contributed by atoms with Crippen LogP contribution < -0.4 is 5.43 Å². The van der Waals surface area contributed by atoms with Gasteiger partial charge < -0.3 is 0 Å². The topological polar surface area (TPSA) is 41.5 Å². The second-order valence-corrected chi connectivity index (χ2v) is 8.19. The first-order valence-electron chi connectivity index (χ1n) is 8.45. The fourth-order valence-electron chi connectivity index (χ4n) is 5.68. The molecule has 0 aliphatic heterocycles. The first-order valence-corrected chi connectivity index (χ1v) is 8.45. The van der Waals surface area contributed by atoms with E-state index in [1.807, 2.05) is 0 Å². The molecule has 0 radical (unpaired) electrons. The second-order valence-electron chi connectivity index (χ2n) is 8.19. The third-order valence-corrected chi connectivity index (χ3v) is 6.10. The highest BCUT2D eigenvalue weighted by molar-refractivity contribution is 5.86. The van der Waals surface area contributed by atoms with Crippen LogP contribution in [-0.2, 0) is 4.79 Å². The van der Waals surface area contributed by atoms with Crippen molar-refractivity contribution in [2.75, 3.05) is 0 Å². The fraction of sp³-hybridized carbons (Fsp3) is 0.882. The average Bonchev–Trinajstić information content (AvgIpc) is 3.17. The maximum absolute atomic E-state index is 11.7. The highest BCUT2D eigenvalue weighted by atomic mass is 16.2. The molecule has 5 aliphatic carbocycles. The Bertz CT molecular complexity index is 415. The first kappa shape index (κ1) is 12.8. The lowest BCUT2D eigenvalue weighted by atomic mass is 9.48. The van der Waals surface area contributed by atoms with Crippen LogP contribution in [-0.4, -0.2) is 11.6 Å². The van der Waals surface area contributed by atoms with Crippen LogP contribution >= 0.6 is 0 Å². The van der Waals surface area contributed by atoms with Crippen molar-refractivity contribution >= 4 is 11.6 Å². The van der Waals surface area contributed by atoms with E-state index in [-0.39, 0.29) is 11.8 Å². The molecule has 5 saturated carbocycles. The van der Waals surface area contributed by atoms with Crippen molar-refractivity contribution < 1.29 is 4.79 Å². The van der Waals surface area contributed by atoms with Crippen molar-refractivity contribution in [3.63, 3.8) is 0 Å². The van der Waals surface area contributed by atoms with Crippen molar-refractivity contribution in [3.8, 4) is 0 Å². The molecule has 4 bridgehead atoms. The zero-order valence-corrected chi connectivity index (χ0v) is 12.5. The van der Waals surface area contributed by atoms with E-state index in [1.165, 1.54) is 38.5 Å². The van der Waals surface area contributed by atoms with Gasteiger partial charge in [-0.15, -0.1) is 0 Å². The van der Waals surface area contributed by atoms with Gasteiger partial charge in [0.05, 0.1) is 0 Å². The molecule has 0 aromatic carbocycles. The standard InChI is InChI=1S/C17H26N2O/c1-11(18-19-16(20)15-2-3-15)7-17-8-12-4-13(9-17)6-14(5-12)10-17/h12-15H,2-10H2,1H3,(H,19,20)/b18-11+. The van der Waals surface area contributed by atoms with Gasteiger partial charge in [0, 0.05) is 11.6 Å². The molecule has 0 spiro atoms. The number of hydrogen-bond acceptors (Lipinski definition) is 2. The molecule has 0 heterocycles. The molecule has 0 saturated heterocycles. The van der Waals surface area contributed by atoms with Gasteiger partial charge in [-0.3, -0.25) is 4.79 Å². The molecule has 0 aromatic rings. The minimum atomic E-state index is 0.134. The van der Waals surface area contributed by atoms with Crippen LogP contribution in [0.4, 0.5) is 0 Å². The van der Waals surface area contributed by atoms with Crippen LogP contribution in [0.25, 0.3) is 0 Å². The van der Waals surface area contributed by atoms with E-state index in [0.29, 0.717) is 5.41 Å². The lowest BCUT2D eigenvalue weighted by Crippen LogP contribution is -2.46. The SMILES string of the molecule is C/C(CC12CC3CC(CC(C3)C1)C2)=N\NC(=O)C1CC1. The molecule has 1 amide bonds. The third kappa shape index (κ3) is 2.40. The zero-order chi connectivity index (χ0) is 13.7. The number of carbonyl (C=O) groups excluding carboxylic acids is 1. The van der Waals surface area contributed by atoms with E-state index in [0.717, 1.165) is 42.7 Å². The average molecular weight is 274 g/mol. The molecule has 0 atom stereocenters. The van der Waals surface area contributed by atoms with Gasteiger partial charge in [-0.25, -0.2) is 5.43 Å². The summed E-state index contributed by atoms with van der Waals surface area (Å²) in [5, 5.41) is 4.38. The second kappa shape index (κ2) is 4.57. The summed E-state index contributed by atoms with van der Waals surface area (Å²) >= 11 is 0. The van der Waals surface area contributed by atoms with Gasteiger partial charge in [0.1, 0.15) is 0 Å². The lowest BCUT2D eigenvalue weighted by Gasteiger charge is -2.57. The van der Waals surface area contributed by atoms with Crippen molar-refractivity contribution in [1.82, 2.24) is 5.43 Å². The van der Waals surface area contributed by atoms with Crippen molar-refractivity contribution in [2.24, 2.45) is 34.2 Å². The molecule has 1 N–H and O–H groups in total. The number of nitrogens with zero attached hydrogens (tertiary/aromatic N) is 1. The largest absolute Gasteiger partial charge is 0.273 e. The van der Waals surface area contributed by atoms with Crippen molar-refractivity contribution in [2.45, 2.75) is 64.7 Å². The van der Waals surface area contributed by atoms with Crippen LogP contribution in [0.2, 0.25) is 0 Å². The molecular formula is C17H26N2O. The van der Waals surface area contributed by atoms with E-state index in [4.69, 9.17) is 0 Å². The predicted molar refractivity (Wildman–Crippen MR) is 79.2 cm³/mol. The molecule has 0 unspecified atom stereocenters. The van der Waals surface area contributed by atoms with Crippen molar-refractivity contribution in [1.29, 1.82) is 0 Å². The van der Waals surface area contributed by atoms with E-state index in [1.54, 1.807) is 0 Å². The normalized spacial score (nSPS) is 42.9. The predicted octanol–water partition coefficient (Wildman–Crippen LogP) is 3.50. The Morgan fingerprint density at radius 3 is 2.15 bits per heavy atom. The Morgan fingerprint density at radius 1 is 1.10 bits per heavy atom. The minimum Gasteiger partial charge on any atom is -0.273 e. The van der Waals surface area contributed by atoms with Crippen molar-refractivity contribution in [3.05, 3.63) is 0 Å². The molecule has 20 heavy (non-hydrogen) atoms. The van der Waals surface area contributed by atoms with E-state index in [9.17, 15) is 4.79 Å². The first-order chi connectivity index (χ1) is 9.62. The van der Waals surface area contributed by atoms with Gasteiger partial charge in [-0.2, -0.15) is 5.10 Å². The molecule has 110 valence electrons. The number of hydrogen-bond donors (Lipinski definition) is 1. The fourth-order valence-corrected chi connectivity index (χ4v) is 5.68. The van der Waals surface area contributed by atoms with Gasteiger partial charge in [-0.1, -0.05) is 0 Å². The summed E-state index contributed by atoms with van der Waals surface area (Å²) in [6.07, 6.45) is 12.0. The van der Waals surface area contributed by atoms with Gasteiger partial charge in [0.2, 0.25) is 5.91 Å². The molecule has 3 heteroatoms. The molecule has 5 fully saturated rings. The summed E-state index contributed by atoms with van der Waals surface area (Å²) in [4.78, 5) is 11.7. The van der Waals surface area contributed by atoms with Crippen LogP contribution in [0.15, 0.2) is 5.10 Å². The van der Waals surface area contributed by atoms with E-state index in [2.05, 4.69) is 17.5 Å². The van der Waals surface area contributed by atoms with Gasteiger partial charge in [-0.05, 0) is 87.9 Å². The summed E-state index contributed by atoms with van der Waals surface area (Å²) in [6, 6.07) is 0. The third-order valence-electron chi connectivity index (χ3n) is 6.10. The Labute approximate surface area is 121 Å². The number of rotatable bonds is 4. The van der Waals surface area contributed by atoms with Crippen LogP contribution in [0.3, 0.4) is 0 Å². The minimum absolute atomic E-state index is 0.134. The Hall–Kier alpha value is -0.860. The van der Waals surface area contributed by atoms with Gasteiger partial charge in [0.25, 0.3) is 0 Å². The molecule has 5 aliphatic rings. The van der Waals surface area contributed by atoms with Crippen LogP contribution in [0.1, 0.15) is 64.7 Å². The van der Waals surface area contributed by atoms with Gasteiger partial charge >= 0.3 is 0 Å². The highest BCUT2D eigenvalue weighted by Crippen LogP contribution is 2.61. The Kier molecular flexibility index (Phi) is 2.94. The lowest BCUT2D eigenvalue weighted by molar-refractivity contribution is -0.122. The smallest absolute Gasteiger partial charge is 0.243 e. The number of carbonyl (C=O) groups is 1. The molecule has 0 aromatic heterocycles. The zero-order valence-electron chi connectivity index (χ0n) is 12.5. The van der Waals surface area contributed by atoms with E-state index >= 15 is 0 Å². The molecule has 3 nitrogen and oxygen atoms in total. The van der Waals surface area contributed by atoms with Crippen LogP contribution in [0.5, 0.6) is 0 Å². The number of amides is 1. The van der Waals surface area contributed by atoms with Gasteiger partial charge in [0.15, 0.2) is 0 Å². The maximum atomic E-state index is 11.7. The molecular weight excluding hydrogens is 248 g/mol. The Balaban J connectivity index is 1.40. The summed E-state index contributed by atoms with van der Waals surface area (Å²) in [5.41, 5.74) is 4.45. The van der Waals surface area contributed by atoms with E-state index < -0.39 is 0 Å².